The standard InChI is InChI=1S/C29H39N3O/c1-20-12-11-17-24(21(20)2)29(31-25-18-9-10-19-26(25)32-29)27(22-13-5-3-6-14-22)28(33)30-23-15-7-4-8-16-23/h9-12,17-19,22-23,27,31-32H,3-8,13-16H2,1-2H3,(H,30,33). The summed E-state index contributed by atoms with van der Waals surface area (Å²) >= 11 is 0. The van der Waals surface area contributed by atoms with E-state index in [1.165, 1.54) is 55.2 Å². The highest BCUT2D eigenvalue weighted by Crippen LogP contribution is 2.49. The zero-order valence-electron chi connectivity index (χ0n) is 20.3. The molecule has 2 fully saturated rings. The van der Waals surface area contributed by atoms with Crippen LogP contribution in [0.5, 0.6) is 0 Å². The van der Waals surface area contributed by atoms with Gasteiger partial charge in [-0.3, -0.25) is 4.79 Å². The quantitative estimate of drug-likeness (QED) is 0.483. The van der Waals surface area contributed by atoms with E-state index in [9.17, 15) is 4.79 Å². The summed E-state index contributed by atoms with van der Waals surface area (Å²) in [5.74, 6) is 0.409. The Hall–Kier alpha value is -2.49. The fourth-order valence-corrected chi connectivity index (χ4v) is 6.56. The minimum atomic E-state index is -0.638. The highest BCUT2D eigenvalue weighted by atomic mass is 16.2. The molecule has 0 spiro atoms. The van der Waals surface area contributed by atoms with Gasteiger partial charge in [-0.05, 0) is 68.7 Å². The van der Waals surface area contributed by atoms with E-state index in [1.54, 1.807) is 0 Å². The van der Waals surface area contributed by atoms with Gasteiger partial charge in [0.05, 0.1) is 17.3 Å². The van der Waals surface area contributed by atoms with Crippen molar-refractivity contribution in [2.45, 2.75) is 89.8 Å². The smallest absolute Gasteiger partial charge is 0.228 e. The molecular formula is C29H39N3O. The van der Waals surface area contributed by atoms with Gasteiger partial charge >= 0.3 is 0 Å². The molecular weight excluding hydrogens is 406 g/mol. The number of nitrogens with one attached hydrogen (secondary N) is 3. The van der Waals surface area contributed by atoms with Gasteiger partial charge in [0.15, 0.2) is 0 Å². The van der Waals surface area contributed by atoms with Crippen LogP contribution in [0.3, 0.4) is 0 Å². The Labute approximate surface area is 198 Å². The van der Waals surface area contributed by atoms with Crippen LogP contribution in [0.2, 0.25) is 0 Å². The molecule has 2 aromatic rings. The summed E-state index contributed by atoms with van der Waals surface area (Å²) in [6, 6.07) is 15.3. The summed E-state index contributed by atoms with van der Waals surface area (Å²) < 4.78 is 0. The van der Waals surface area contributed by atoms with Crippen LogP contribution < -0.4 is 16.0 Å². The zero-order valence-corrected chi connectivity index (χ0v) is 20.3. The van der Waals surface area contributed by atoms with Gasteiger partial charge < -0.3 is 16.0 Å². The molecule has 1 aliphatic heterocycles. The lowest BCUT2D eigenvalue weighted by molar-refractivity contribution is -0.130. The molecule has 2 aromatic carbocycles. The summed E-state index contributed by atoms with van der Waals surface area (Å²) in [4.78, 5) is 14.2. The number of para-hydroxylation sites is 2. The first-order chi connectivity index (χ1) is 16.1. The SMILES string of the molecule is Cc1cccc(C2(C(C(=O)NC3CCCCC3)C3CCCCC3)Nc3ccccc3N2)c1C. The third kappa shape index (κ3) is 4.25. The van der Waals surface area contributed by atoms with Gasteiger partial charge in [0.2, 0.25) is 5.91 Å². The molecule has 0 aromatic heterocycles. The molecule has 0 bridgehead atoms. The van der Waals surface area contributed by atoms with Crippen molar-refractivity contribution >= 4 is 17.3 Å². The van der Waals surface area contributed by atoms with Crippen LogP contribution in [0.25, 0.3) is 0 Å². The van der Waals surface area contributed by atoms with Gasteiger partial charge in [0.1, 0.15) is 5.66 Å². The molecule has 1 heterocycles. The largest absolute Gasteiger partial charge is 0.357 e. The Morgan fingerprint density at radius 2 is 1.45 bits per heavy atom. The topological polar surface area (TPSA) is 53.2 Å². The van der Waals surface area contributed by atoms with E-state index >= 15 is 0 Å². The Kier molecular flexibility index (Phi) is 6.36. The van der Waals surface area contributed by atoms with Gasteiger partial charge in [0, 0.05) is 11.6 Å². The van der Waals surface area contributed by atoms with Crippen molar-refractivity contribution in [3.05, 3.63) is 59.2 Å². The number of fused-ring (bicyclic) bond motifs is 1. The number of carbonyl (C=O) groups excluding carboxylic acids is 1. The maximum Gasteiger partial charge on any atom is 0.228 e. The van der Waals surface area contributed by atoms with Gasteiger partial charge in [-0.15, -0.1) is 0 Å². The lowest BCUT2D eigenvalue weighted by atomic mass is 9.70. The third-order valence-corrected chi connectivity index (χ3v) is 8.44. The van der Waals surface area contributed by atoms with E-state index in [1.807, 2.05) is 0 Å². The minimum absolute atomic E-state index is 0.173. The van der Waals surface area contributed by atoms with Crippen molar-refractivity contribution in [2.75, 3.05) is 10.6 Å². The number of amides is 1. The lowest BCUT2D eigenvalue weighted by Crippen LogP contribution is -2.57. The Morgan fingerprint density at radius 1 is 0.848 bits per heavy atom. The molecule has 1 amide bonds. The Balaban J connectivity index is 1.60. The highest BCUT2D eigenvalue weighted by molar-refractivity contribution is 5.86. The molecule has 0 radical (unpaired) electrons. The number of hydrogen-bond donors (Lipinski definition) is 3. The van der Waals surface area contributed by atoms with Gasteiger partial charge in [-0.2, -0.15) is 0 Å². The summed E-state index contributed by atoms with van der Waals surface area (Å²) in [7, 11) is 0. The second-order valence-corrected chi connectivity index (χ2v) is 10.6. The molecule has 1 atom stereocenters. The summed E-state index contributed by atoms with van der Waals surface area (Å²) in [5, 5.41) is 11.3. The molecule has 33 heavy (non-hydrogen) atoms. The third-order valence-electron chi connectivity index (χ3n) is 8.44. The van der Waals surface area contributed by atoms with Gasteiger partial charge in [0.25, 0.3) is 0 Å². The van der Waals surface area contributed by atoms with Crippen LogP contribution in [-0.2, 0) is 10.5 Å². The first-order valence-electron chi connectivity index (χ1n) is 13.1. The monoisotopic (exact) mass is 445 g/mol. The molecule has 1 unspecified atom stereocenters. The van der Waals surface area contributed by atoms with E-state index in [0.29, 0.717) is 12.0 Å². The number of anilines is 2. The number of carbonyl (C=O) groups is 1. The molecule has 4 nitrogen and oxygen atoms in total. The molecule has 4 heteroatoms. The molecule has 2 aliphatic carbocycles. The van der Waals surface area contributed by atoms with Gasteiger partial charge in [-0.25, -0.2) is 0 Å². The Bertz CT molecular complexity index is 963. The van der Waals surface area contributed by atoms with E-state index in [-0.39, 0.29) is 11.8 Å². The van der Waals surface area contributed by atoms with E-state index in [0.717, 1.165) is 37.1 Å². The fourth-order valence-electron chi connectivity index (χ4n) is 6.56. The molecule has 3 N–H and O–H groups in total. The molecule has 5 rings (SSSR count). The lowest BCUT2D eigenvalue weighted by Gasteiger charge is -2.44. The summed E-state index contributed by atoms with van der Waals surface area (Å²) in [6.45, 7) is 4.38. The molecule has 2 saturated carbocycles. The van der Waals surface area contributed by atoms with Crippen LogP contribution in [0.4, 0.5) is 11.4 Å². The van der Waals surface area contributed by atoms with Crippen LogP contribution in [0, 0.1) is 25.7 Å². The average molecular weight is 446 g/mol. The first-order valence-corrected chi connectivity index (χ1v) is 13.1. The number of hydrogen-bond acceptors (Lipinski definition) is 3. The van der Waals surface area contributed by atoms with Crippen molar-refractivity contribution in [1.29, 1.82) is 0 Å². The molecule has 3 aliphatic rings. The summed E-state index contributed by atoms with van der Waals surface area (Å²) in [5.41, 5.74) is 5.26. The normalized spacial score (nSPS) is 21.5. The van der Waals surface area contributed by atoms with Crippen LogP contribution >= 0.6 is 0 Å². The Morgan fingerprint density at radius 3 is 2.09 bits per heavy atom. The number of benzene rings is 2. The maximum absolute atomic E-state index is 14.2. The van der Waals surface area contributed by atoms with E-state index in [4.69, 9.17) is 0 Å². The van der Waals surface area contributed by atoms with Crippen molar-refractivity contribution in [1.82, 2.24) is 5.32 Å². The van der Waals surface area contributed by atoms with Crippen LogP contribution in [0.15, 0.2) is 42.5 Å². The van der Waals surface area contributed by atoms with Crippen LogP contribution in [-0.4, -0.2) is 11.9 Å². The van der Waals surface area contributed by atoms with Crippen molar-refractivity contribution < 1.29 is 4.79 Å². The fraction of sp³-hybridized carbons (Fsp3) is 0.552. The number of rotatable bonds is 5. The van der Waals surface area contributed by atoms with Crippen LogP contribution in [0.1, 0.15) is 80.9 Å². The van der Waals surface area contributed by atoms with Crippen molar-refractivity contribution in [2.24, 2.45) is 11.8 Å². The van der Waals surface area contributed by atoms with Crippen molar-refractivity contribution in [3.63, 3.8) is 0 Å². The predicted molar refractivity (Wildman–Crippen MR) is 136 cm³/mol. The second-order valence-electron chi connectivity index (χ2n) is 10.6. The minimum Gasteiger partial charge on any atom is -0.357 e. The molecule has 176 valence electrons. The van der Waals surface area contributed by atoms with Gasteiger partial charge in [-0.1, -0.05) is 68.9 Å². The maximum atomic E-state index is 14.2. The van der Waals surface area contributed by atoms with E-state index < -0.39 is 5.66 Å². The summed E-state index contributed by atoms with van der Waals surface area (Å²) in [6.07, 6.45) is 11.9. The highest BCUT2D eigenvalue weighted by Gasteiger charge is 2.52. The molecule has 0 saturated heterocycles. The average Bonchev–Trinajstić information content (AvgIpc) is 3.22. The second kappa shape index (κ2) is 9.40. The zero-order chi connectivity index (χ0) is 22.8. The van der Waals surface area contributed by atoms with E-state index in [2.05, 4.69) is 72.3 Å². The number of aryl methyl sites for hydroxylation is 1. The predicted octanol–water partition coefficient (Wildman–Crippen LogP) is 6.64. The van der Waals surface area contributed by atoms with Crippen molar-refractivity contribution in [3.8, 4) is 0 Å². The first kappa shape index (κ1) is 22.3.